The van der Waals surface area contributed by atoms with Crippen molar-refractivity contribution in [2.75, 3.05) is 6.61 Å². The van der Waals surface area contributed by atoms with Crippen molar-refractivity contribution in [1.82, 2.24) is 0 Å². The number of hydrogen-bond donors (Lipinski definition) is 1. The number of carboxylic acid groups (broad SMARTS) is 1. The molecule has 18 heavy (non-hydrogen) atoms. The Bertz CT molecular complexity index is 397. The standard InChI is InChI=1S/C15H20O3/c1-3-11-15(2,14(16)17)18-12-7-10-13-8-5-4-6-9-13/h4-10H,3,11-12H2,1-2H3,(H,16,17)/b10-7+. The monoisotopic (exact) mass is 248 g/mol. The van der Waals surface area contributed by atoms with Gasteiger partial charge in [-0.15, -0.1) is 0 Å². The van der Waals surface area contributed by atoms with Crippen molar-refractivity contribution in [3.8, 4) is 0 Å². The third-order valence-corrected chi connectivity index (χ3v) is 2.79. The average Bonchev–Trinajstić information content (AvgIpc) is 2.36. The summed E-state index contributed by atoms with van der Waals surface area (Å²) in [4.78, 5) is 11.1. The molecule has 0 saturated heterocycles. The zero-order valence-electron chi connectivity index (χ0n) is 10.9. The molecule has 1 unspecified atom stereocenters. The van der Waals surface area contributed by atoms with Gasteiger partial charge in [0.1, 0.15) is 0 Å². The molecule has 3 heteroatoms. The lowest BCUT2D eigenvalue weighted by molar-refractivity contribution is -0.163. The molecule has 1 aromatic rings. The molecule has 3 nitrogen and oxygen atoms in total. The molecule has 0 fully saturated rings. The number of hydrogen-bond acceptors (Lipinski definition) is 2. The molecule has 1 N–H and O–H groups in total. The predicted molar refractivity (Wildman–Crippen MR) is 72.4 cm³/mol. The lowest BCUT2D eigenvalue weighted by Crippen LogP contribution is -2.38. The second-order valence-corrected chi connectivity index (χ2v) is 4.41. The van der Waals surface area contributed by atoms with Gasteiger partial charge in [0.15, 0.2) is 5.60 Å². The van der Waals surface area contributed by atoms with E-state index >= 15 is 0 Å². The Morgan fingerprint density at radius 1 is 1.39 bits per heavy atom. The van der Waals surface area contributed by atoms with Gasteiger partial charge < -0.3 is 9.84 Å². The van der Waals surface area contributed by atoms with Crippen molar-refractivity contribution in [1.29, 1.82) is 0 Å². The van der Waals surface area contributed by atoms with Crippen molar-refractivity contribution >= 4 is 12.0 Å². The SMILES string of the molecule is CCCC(C)(OC/C=C/c1ccccc1)C(=O)O. The van der Waals surface area contributed by atoms with Gasteiger partial charge in [-0.2, -0.15) is 0 Å². The van der Waals surface area contributed by atoms with Crippen LogP contribution in [0.25, 0.3) is 6.08 Å². The first-order valence-electron chi connectivity index (χ1n) is 6.17. The van der Waals surface area contributed by atoms with E-state index in [0.717, 1.165) is 12.0 Å². The van der Waals surface area contributed by atoms with Crippen molar-refractivity contribution in [3.63, 3.8) is 0 Å². The Labute approximate surface area is 108 Å². The van der Waals surface area contributed by atoms with Crippen molar-refractivity contribution in [2.24, 2.45) is 0 Å². The molecule has 0 amide bonds. The first-order valence-corrected chi connectivity index (χ1v) is 6.17. The van der Waals surface area contributed by atoms with Crippen LogP contribution in [-0.4, -0.2) is 23.3 Å². The fourth-order valence-corrected chi connectivity index (χ4v) is 1.70. The van der Waals surface area contributed by atoms with E-state index < -0.39 is 11.6 Å². The summed E-state index contributed by atoms with van der Waals surface area (Å²) in [6.45, 7) is 3.87. The van der Waals surface area contributed by atoms with Gasteiger partial charge >= 0.3 is 5.97 Å². The molecule has 98 valence electrons. The van der Waals surface area contributed by atoms with Crippen LogP contribution in [0.3, 0.4) is 0 Å². The molecular formula is C15H20O3. The minimum atomic E-state index is -1.09. The number of rotatable bonds is 7. The van der Waals surface area contributed by atoms with Crippen LogP contribution in [-0.2, 0) is 9.53 Å². The summed E-state index contributed by atoms with van der Waals surface area (Å²) in [5.41, 5.74) is -0.0101. The molecule has 0 saturated carbocycles. The normalized spacial score (nSPS) is 14.6. The highest BCUT2D eigenvalue weighted by Gasteiger charge is 2.32. The quantitative estimate of drug-likeness (QED) is 0.804. The van der Waals surface area contributed by atoms with Gasteiger partial charge in [0.05, 0.1) is 6.61 Å². The van der Waals surface area contributed by atoms with E-state index in [9.17, 15) is 4.79 Å². The molecule has 0 spiro atoms. The Kier molecular flexibility index (Phi) is 5.59. The van der Waals surface area contributed by atoms with Gasteiger partial charge in [-0.25, -0.2) is 4.79 Å². The summed E-state index contributed by atoms with van der Waals surface area (Å²) >= 11 is 0. The number of benzene rings is 1. The molecule has 0 aliphatic heterocycles. The molecule has 0 heterocycles. The third kappa shape index (κ3) is 4.34. The Balaban J connectivity index is 2.49. The Morgan fingerprint density at radius 3 is 2.61 bits per heavy atom. The van der Waals surface area contributed by atoms with Crippen molar-refractivity contribution in [3.05, 3.63) is 42.0 Å². The van der Waals surface area contributed by atoms with Gasteiger partial charge in [0.25, 0.3) is 0 Å². The molecular weight excluding hydrogens is 228 g/mol. The first kappa shape index (κ1) is 14.5. The molecule has 1 aromatic carbocycles. The van der Waals surface area contributed by atoms with Crippen LogP contribution >= 0.6 is 0 Å². The number of ether oxygens (including phenoxy) is 1. The fraction of sp³-hybridized carbons (Fsp3) is 0.400. The summed E-state index contributed by atoms with van der Waals surface area (Å²) in [6, 6.07) is 9.84. The van der Waals surface area contributed by atoms with E-state index in [1.165, 1.54) is 0 Å². The summed E-state index contributed by atoms with van der Waals surface area (Å²) in [6.07, 6.45) is 5.06. The zero-order valence-corrected chi connectivity index (χ0v) is 10.9. The predicted octanol–water partition coefficient (Wildman–Crippen LogP) is 3.36. The molecule has 1 atom stereocenters. The van der Waals surface area contributed by atoms with Gasteiger partial charge in [0, 0.05) is 0 Å². The minimum Gasteiger partial charge on any atom is -0.479 e. The summed E-state index contributed by atoms with van der Waals surface area (Å²) in [5, 5.41) is 9.13. The van der Waals surface area contributed by atoms with Crippen LogP contribution in [0.1, 0.15) is 32.3 Å². The summed E-state index contributed by atoms with van der Waals surface area (Å²) in [5.74, 6) is -0.905. The van der Waals surface area contributed by atoms with E-state index in [2.05, 4.69) is 0 Å². The second-order valence-electron chi connectivity index (χ2n) is 4.41. The zero-order chi connectivity index (χ0) is 13.4. The van der Waals surface area contributed by atoms with Crippen LogP contribution in [0.15, 0.2) is 36.4 Å². The minimum absolute atomic E-state index is 0.303. The van der Waals surface area contributed by atoms with Gasteiger partial charge in [0.2, 0.25) is 0 Å². The van der Waals surface area contributed by atoms with Crippen LogP contribution in [0.5, 0.6) is 0 Å². The van der Waals surface area contributed by atoms with Crippen LogP contribution in [0, 0.1) is 0 Å². The smallest absolute Gasteiger partial charge is 0.335 e. The van der Waals surface area contributed by atoms with Crippen LogP contribution < -0.4 is 0 Å². The highest BCUT2D eigenvalue weighted by Crippen LogP contribution is 2.18. The summed E-state index contributed by atoms with van der Waals surface area (Å²) in [7, 11) is 0. The van der Waals surface area contributed by atoms with E-state index in [1.54, 1.807) is 6.92 Å². The fourth-order valence-electron chi connectivity index (χ4n) is 1.70. The molecule has 0 aliphatic carbocycles. The van der Waals surface area contributed by atoms with Crippen LogP contribution in [0.4, 0.5) is 0 Å². The largest absolute Gasteiger partial charge is 0.479 e. The Morgan fingerprint density at radius 2 is 2.06 bits per heavy atom. The average molecular weight is 248 g/mol. The molecule has 0 bridgehead atoms. The van der Waals surface area contributed by atoms with Gasteiger partial charge in [-0.3, -0.25) is 0 Å². The Hall–Kier alpha value is -1.61. The second kappa shape index (κ2) is 6.97. The number of carboxylic acids is 1. The van der Waals surface area contributed by atoms with E-state index in [1.807, 2.05) is 49.4 Å². The highest BCUT2D eigenvalue weighted by atomic mass is 16.5. The van der Waals surface area contributed by atoms with Crippen molar-refractivity contribution in [2.45, 2.75) is 32.3 Å². The molecule has 0 radical (unpaired) electrons. The van der Waals surface area contributed by atoms with E-state index in [-0.39, 0.29) is 0 Å². The lowest BCUT2D eigenvalue weighted by atomic mass is 10.0. The number of carbonyl (C=O) groups is 1. The van der Waals surface area contributed by atoms with E-state index in [0.29, 0.717) is 13.0 Å². The third-order valence-electron chi connectivity index (χ3n) is 2.79. The van der Waals surface area contributed by atoms with E-state index in [4.69, 9.17) is 9.84 Å². The molecule has 1 rings (SSSR count). The first-order chi connectivity index (χ1) is 8.58. The topological polar surface area (TPSA) is 46.5 Å². The maximum absolute atomic E-state index is 11.1. The van der Waals surface area contributed by atoms with Crippen molar-refractivity contribution < 1.29 is 14.6 Å². The van der Waals surface area contributed by atoms with Crippen LogP contribution in [0.2, 0.25) is 0 Å². The molecule has 0 aliphatic rings. The molecule has 0 aromatic heterocycles. The summed E-state index contributed by atoms with van der Waals surface area (Å²) < 4.78 is 5.47. The lowest BCUT2D eigenvalue weighted by Gasteiger charge is -2.23. The van der Waals surface area contributed by atoms with Gasteiger partial charge in [-0.05, 0) is 18.9 Å². The number of aliphatic carboxylic acids is 1. The highest BCUT2D eigenvalue weighted by molar-refractivity contribution is 5.76. The van der Waals surface area contributed by atoms with Gasteiger partial charge in [-0.1, -0.05) is 55.8 Å². The maximum Gasteiger partial charge on any atom is 0.335 e. The maximum atomic E-state index is 11.1.